The van der Waals surface area contributed by atoms with E-state index in [-0.39, 0.29) is 24.4 Å². The second-order valence-corrected chi connectivity index (χ2v) is 4.91. The summed E-state index contributed by atoms with van der Waals surface area (Å²) in [5.41, 5.74) is 0. The standard InChI is InChI=1S/C12H20N2O3/c1-2-4-9(15)7-13-8-11(16)14-6-3-5-10(14)12(13)17/h9-10,15H,2-8H2,1H3. The molecule has 1 N–H and O–H groups in total. The minimum absolute atomic E-state index is 0.0113. The molecule has 2 fully saturated rings. The summed E-state index contributed by atoms with van der Waals surface area (Å²) in [4.78, 5) is 27.1. The van der Waals surface area contributed by atoms with Crippen molar-refractivity contribution in [3.05, 3.63) is 0 Å². The lowest BCUT2D eigenvalue weighted by atomic mass is 10.1. The van der Waals surface area contributed by atoms with E-state index in [1.807, 2.05) is 6.92 Å². The van der Waals surface area contributed by atoms with Crippen molar-refractivity contribution in [2.45, 2.75) is 44.8 Å². The number of hydrogen-bond donors (Lipinski definition) is 1. The number of carbonyl (C=O) groups excluding carboxylic acids is 2. The highest BCUT2D eigenvalue weighted by atomic mass is 16.3. The Hall–Kier alpha value is -1.10. The molecule has 0 aliphatic carbocycles. The van der Waals surface area contributed by atoms with Gasteiger partial charge >= 0.3 is 0 Å². The molecule has 2 saturated heterocycles. The number of aliphatic hydroxyl groups excluding tert-OH is 1. The number of piperazine rings is 1. The van der Waals surface area contributed by atoms with E-state index in [0.717, 1.165) is 19.3 Å². The maximum Gasteiger partial charge on any atom is 0.245 e. The van der Waals surface area contributed by atoms with Gasteiger partial charge in [0.15, 0.2) is 0 Å². The highest BCUT2D eigenvalue weighted by Crippen LogP contribution is 2.23. The van der Waals surface area contributed by atoms with Crippen molar-refractivity contribution in [1.82, 2.24) is 9.80 Å². The van der Waals surface area contributed by atoms with Gasteiger partial charge in [0.25, 0.3) is 0 Å². The van der Waals surface area contributed by atoms with Crippen LogP contribution < -0.4 is 0 Å². The van der Waals surface area contributed by atoms with E-state index in [9.17, 15) is 14.7 Å². The molecule has 2 atom stereocenters. The van der Waals surface area contributed by atoms with E-state index in [1.54, 1.807) is 4.90 Å². The van der Waals surface area contributed by atoms with Crippen LogP contribution in [0.2, 0.25) is 0 Å². The van der Waals surface area contributed by atoms with Crippen LogP contribution in [-0.4, -0.2) is 58.5 Å². The molecule has 2 aliphatic heterocycles. The van der Waals surface area contributed by atoms with Gasteiger partial charge in [-0.3, -0.25) is 9.59 Å². The number of nitrogens with zero attached hydrogens (tertiary/aromatic N) is 2. The Balaban J connectivity index is 1.99. The lowest BCUT2D eigenvalue weighted by molar-refractivity contribution is -0.154. The Morgan fingerprint density at radius 2 is 2.24 bits per heavy atom. The van der Waals surface area contributed by atoms with Gasteiger partial charge in [-0.2, -0.15) is 0 Å². The molecule has 0 saturated carbocycles. The molecule has 2 rings (SSSR count). The number of rotatable bonds is 4. The van der Waals surface area contributed by atoms with Crippen LogP contribution in [0, 0.1) is 0 Å². The first-order chi connectivity index (χ1) is 8.13. The fraction of sp³-hybridized carbons (Fsp3) is 0.833. The Morgan fingerprint density at radius 1 is 1.47 bits per heavy atom. The van der Waals surface area contributed by atoms with Crippen molar-refractivity contribution < 1.29 is 14.7 Å². The van der Waals surface area contributed by atoms with Crippen molar-refractivity contribution in [2.24, 2.45) is 0 Å². The second kappa shape index (κ2) is 5.04. The number of amides is 2. The third-order valence-electron chi connectivity index (χ3n) is 3.55. The Labute approximate surface area is 101 Å². The van der Waals surface area contributed by atoms with Crippen LogP contribution in [0.4, 0.5) is 0 Å². The zero-order valence-corrected chi connectivity index (χ0v) is 10.3. The Kier molecular flexibility index (Phi) is 3.66. The quantitative estimate of drug-likeness (QED) is 0.751. The van der Waals surface area contributed by atoms with Gasteiger partial charge in [0.2, 0.25) is 11.8 Å². The Bertz CT molecular complexity index is 319. The number of aliphatic hydroxyl groups is 1. The molecule has 0 aromatic rings. The van der Waals surface area contributed by atoms with Crippen LogP contribution in [0.1, 0.15) is 32.6 Å². The topological polar surface area (TPSA) is 60.9 Å². The summed E-state index contributed by atoms with van der Waals surface area (Å²) in [7, 11) is 0. The maximum absolute atomic E-state index is 12.1. The van der Waals surface area contributed by atoms with E-state index in [4.69, 9.17) is 0 Å². The zero-order valence-electron chi connectivity index (χ0n) is 10.3. The van der Waals surface area contributed by atoms with Gasteiger partial charge in [-0.1, -0.05) is 13.3 Å². The van der Waals surface area contributed by atoms with Crippen molar-refractivity contribution in [2.75, 3.05) is 19.6 Å². The fourth-order valence-electron chi connectivity index (χ4n) is 2.70. The molecule has 5 heteroatoms. The van der Waals surface area contributed by atoms with Gasteiger partial charge < -0.3 is 14.9 Å². The highest BCUT2D eigenvalue weighted by Gasteiger charge is 2.42. The normalized spacial score (nSPS) is 26.4. The van der Waals surface area contributed by atoms with Crippen molar-refractivity contribution >= 4 is 11.8 Å². The first-order valence-electron chi connectivity index (χ1n) is 6.39. The van der Waals surface area contributed by atoms with Crippen molar-refractivity contribution in [3.63, 3.8) is 0 Å². The molecule has 0 spiro atoms. The number of fused-ring (bicyclic) bond motifs is 1. The van der Waals surface area contributed by atoms with E-state index < -0.39 is 6.10 Å². The average Bonchev–Trinajstić information content (AvgIpc) is 2.75. The lowest BCUT2D eigenvalue weighted by Gasteiger charge is -2.37. The van der Waals surface area contributed by atoms with Gasteiger partial charge in [-0.05, 0) is 19.3 Å². The van der Waals surface area contributed by atoms with E-state index in [0.29, 0.717) is 19.5 Å². The summed E-state index contributed by atoms with van der Waals surface area (Å²) >= 11 is 0. The molecular weight excluding hydrogens is 220 g/mol. The van der Waals surface area contributed by atoms with E-state index >= 15 is 0 Å². The van der Waals surface area contributed by atoms with Crippen LogP contribution in [0.25, 0.3) is 0 Å². The van der Waals surface area contributed by atoms with Crippen molar-refractivity contribution in [3.8, 4) is 0 Å². The lowest BCUT2D eigenvalue weighted by Crippen LogP contribution is -2.58. The van der Waals surface area contributed by atoms with Gasteiger partial charge in [0.1, 0.15) is 6.04 Å². The minimum atomic E-state index is -0.510. The summed E-state index contributed by atoms with van der Waals surface area (Å²) in [6.45, 7) is 3.13. The maximum atomic E-state index is 12.1. The molecule has 0 bridgehead atoms. The summed E-state index contributed by atoms with van der Waals surface area (Å²) < 4.78 is 0. The number of β-amino-alcohol motifs (C(OH)–C–C–N with tert-alkyl or cyclic N) is 1. The fourth-order valence-corrected chi connectivity index (χ4v) is 2.70. The average molecular weight is 240 g/mol. The number of carbonyl (C=O) groups is 2. The first-order valence-corrected chi connectivity index (χ1v) is 6.39. The minimum Gasteiger partial charge on any atom is -0.391 e. The first kappa shape index (κ1) is 12.4. The predicted octanol–water partition coefficient (Wildman–Crippen LogP) is -0.0194. The smallest absolute Gasteiger partial charge is 0.245 e. The molecule has 0 aromatic carbocycles. The molecule has 96 valence electrons. The van der Waals surface area contributed by atoms with Crippen LogP contribution in [0.15, 0.2) is 0 Å². The molecule has 2 aliphatic rings. The Morgan fingerprint density at radius 3 is 2.94 bits per heavy atom. The van der Waals surface area contributed by atoms with Gasteiger partial charge in [0.05, 0.1) is 12.6 Å². The van der Waals surface area contributed by atoms with Crippen LogP contribution in [0.5, 0.6) is 0 Å². The third-order valence-corrected chi connectivity index (χ3v) is 3.55. The SMILES string of the molecule is CCCC(O)CN1CC(=O)N2CCCC2C1=O. The van der Waals surface area contributed by atoms with Gasteiger partial charge in [-0.15, -0.1) is 0 Å². The van der Waals surface area contributed by atoms with Gasteiger partial charge in [-0.25, -0.2) is 0 Å². The number of hydrogen-bond acceptors (Lipinski definition) is 3. The molecular formula is C12H20N2O3. The zero-order chi connectivity index (χ0) is 12.4. The van der Waals surface area contributed by atoms with Crippen molar-refractivity contribution in [1.29, 1.82) is 0 Å². The molecule has 0 radical (unpaired) electrons. The monoisotopic (exact) mass is 240 g/mol. The summed E-state index contributed by atoms with van der Waals surface area (Å²) in [6, 6.07) is -0.259. The molecule has 2 amide bonds. The molecule has 5 nitrogen and oxygen atoms in total. The largest absolute Gasteiger partial charge is 0.391 e. The molecule has 0 aromatic heterocycles. The second-order valence-electron chi connectivity index (χ2n) is 4.91. The molecule has 17 heavy (non-hydrogen) atoms. The van der Waals surface area contributed by atoms with Crippen LogP contribution >= 0.6 is 0 Å². The molecule has 2 heterocycles. The van der Waals surface area contributed by atoms with E-state index in [1.165, 1.54) is 4.90 Å². The van der Waals surface area contributed by atoms with E-state index in [2.05, 4.69) is 0 Å². The predicted molar refractivity (Wildman–Crippen MR) is 62.2 cm³/mol. The van der Waals surface area contributed by atoms with Gasteiger partial charge in [0, 0.05) is 13.1 Å². The summed E-state index contributed by atoms with van der Waals surface area (Å²) in [5.74, 6) is 0.0352. The summed E-state index contributed by atoms with van der Waals surface area (Å²) in [6.07, 6.45) is 2.72. The third kappa shape index (κ3) is 2.44. The van der Waals surface area contributed by atoms with Crippen LogP contribution in [0.3, 0.4) is 0 Å². The summed E-state index contributed by atoms with van der Waals surface area (Å²) in [5, 5.41) is 9.73. The van der Waals surface area contributed by atoms with Crippen LogP contribution in [-0.2, 0) is 9.59 Å². The highest BCUT2D eigenvalue weighted by molar-refractivity contribution is 5.95. The molecule has 2 unspecified atom stereocenters.